The monoisotopic (exact) mass is 828 g/mol. The van der Waals surface area contributed by atoms with Gasteiger partial charge in [-0.05, 0) is 57.8 Å². The van der Waals surface area contributed by atoms with Crippen molar-refractivity contribution in [3.05, 3.63) is 71.3 Å². The first-order valence-corrected chi connectivity index (χ1v) is 19.5. The normalized spacial score (nSPS) is 18.4. The number of rotatable bonds is 6. The fourth-order valence-electron chi connectivity index (χ4n) is 5.76. The Balaban J connectivity index is 0.000000253. The summed E-state index contributed by atoms with van der Waals surface area (Å²) in [5, 5.41) is 9.07. The molecule has 4 heterocycles. The summed E-state index contributed by atoms with van der Waals surface area (Å²) in [4.78, 5) is 53.9. The number of alkyl halides is 4. The maximum absolute atomic E-state index is 11.6. The second kappa shape index (κ2) is 27.8. The third-order valence-electron chi connectivity index (χ3n) is 8.00. The van der Waals surface area contributed by atoms with Crippen LogP contribution in [0.4, 0.5) is 4.79 Å². The SMILES string of the molecule is ClCCl.NC1CCCc2nccnc21.O.O=C(NCCCl)NC1CCCc2nccnc21.O=C=NCCCl.c1cnc2c(n1)CCCC2NC1=NCCO1. The topological polar surface area (TPSA) is 239 Å². The van der Waals surface area contributed by atoms with Gasteiger partial charge in [-0.2, -0.15) is 0 Å². The summed E-state index contributed by atoms with van der Waals surface area (Å²) in [6, 6.07) is 0.738. The third-order valence-corrected chi connectivity index (χ3v) is 8.36. The number of nitrogens with one attached hydrogen (secondary N) is 3. The van der Waals surface area contributed by atoms with Crippen LogP contribution in [0.3, 0.4) is 0 Å². The summed E-state index contributed by atoms with van der Waals surface area (Å²) >= 11 is 20.1. The molecule has 3 unspecified atom stereocenters. The van der Waals surface area contributed by atoms with E-state index in [1.54, 1.807) is 37.2 Å². The highest BCUT2D eigenvalue weighted by Crippen LogP contribution is 2.27. The molecule has 3 aliphatic carbocycles. The minimum atomic E-state index is -0.200. The van der Waals surface area contributed by atoms with Gasteiger partial charge in [-0.1, -0.05) is 0 Å². The van der Waals surface area contributed by atoms with Crippen LogP contribution in [0.1, 0.15) is 90.8 Å². The Labute approximate surface area is 335 Å². The van der Waals surface area contributed by atoms with Gasteiger partial charge in [-0.25, -0.2) is 19.6 Å². The molecular weight excluding hydrogens is 782 g/mol. The lowest BCUT2D eigenvalue weighted by molar-refractivity contribution is 0.235. The second-order valence-electron chi connectivity index (χ2n) is 11.6. The number of carbonyl (C=O) groups is 1. The molecule has 0 aromatic carbocycles. The molecule has 0 fully saturated rings. The number of nitrogens with two attached hydrogens (primary N) is 1. The zero-order chi connectivity index (χ0) is 38.1. The first kappa shape index (κ1) is 46.4. The lowest BCUT2D eigenvalue weighted by Gasteiger charge is -2.24. The van der Waals surface area contributed by atoms with Crippen molar-refractivity contribution in [2.45, 2.75) is 75.9 Å². The predicted octanol–water partition coefficient (Wildman–Crippen LogP) is 4.19. The lowest BCUT2D eigenvalue weighted by Crippen LogP contribution is -2.40. The average Bonchev–Trinajstić information content (AvgIpc) is 3.71. The number of hydrogen-bond donors (Lipinski definition) is 4. The van der Waals surface area contributed by atoms with Gasteiger partial charge in [0.05, 0.1) is 64.7 Å². The standard InChI is InChI=1S/C11H15ClN4O.C11H14N4O.C8H11N3.C3H4ClNO.CH2Cl2.H2O/c12-4-5-15-11(17)16-9-3-1-2-8-10(9)14-7-6-13-8;1-2-8-10(13-5-4-12-8)9(3-1)15-11-14-6-7-16-11;9-6-2-1-3-7-8(6)11-5-4-10-7;4-1-2-5-3-6;2-1-3;/h6-7,9H,1-5H2,(H2,15,16,17);4-5,9H,1-3,6-7H2,(H,14,15);4-6H,1-3,9H2;1-2H2;1H2;1H2. The molecule has 0 radical (unpaired) electrons. The molecule has 0 spiro atoms. The van der Waals surface area contributed by atoms with Gasteiger partial charge in [-0.3, -0.25) is 29.9 Å². The van der Waals surface area contributed by atoms with Crippen LogP contribution >= 0.6 is 46.4 Å². The van der Waals surface area contributed by atoms with E-state index < -0.39 is 0 Å². The lowest BCUT2D eigenvalue weighted by atomic mass is 9.95. The molecule has 0 bridgehead atoms. The minimum absolute atomic E-state index is 0. The van der Waals surface area contributed by atoms with Crippen LogP contribution in [0, 0.1) is 0 Å². The van der Waals surface area contributed by atoms with E-state index >= 15 is 0 Å². The summed E-state index contributed by atoms with van der Waals surface area (Å²) in [6.07, 6.45) is 21.0. The number of carbonyl (C=O) groups excluding carboxylic acids is 2. The Kier molecular flexibility index (Phi) is 23.9. The van der Waals surface area contributed by atoms with E-state index in [1.165, 1.54) is 6.08 Å². The molecule has 0 saturated carbocycles. The number of aryl methyl sites for hydroxylation is 3. The Hall–Kier alpha value is -3.76. The molecule has 1 aliphatic heterocycles. The molecule has 20 heteroatoms. The van der Waals surface area contributed by atoms with Crippen LogP contribution in [0.2, 0.25) is 0 Å². The predicted molar refractivity (Wildman–Crippen MR) is 210 cm³/mol. The highest BCUT2D eigenvalue weighted by atomic mass is 35.5. The summed E-state index contributed by atoms with van der Waals surface area (Å²) in [6.45, 7) is 2.28. The van der Waals surface area contributed by atoms with Crippen LogP contribution in [0.15, 0.2) is 47.2 Å². The summed E-state index contributed by atoms with van der Waals surface area (Å²) in [5.41, 5.74) is 12.0. The van der Waals surface area contributed by atoms with E-state index in [0.29, 0.717) is 37.5 Å². The minimum Gasteiger partial charge on any atom is -0.463 e. The number of ether oxygens (including phenoxy) is 1. The zero-order valence-electron chi connectivity index (χ0n) is 29.9. The highest BCUT2D eigenvalue weighted by Gasteiger charge is 2.25. The molecular formula is C34H48Cl4N12O4. The molecule has 3 aromatic heterocycles. The van der Waals surface area contributed by atoms with E-state index in [0.717, 1.165) is 98.5 Å². The van der Waals surface area contributed by atoms with Crippen molar-refractivity contribution in [1.29, 1.82) is 0 Å². The molecule has 2 amide bonds. The molecule has 296 valence electrons. The number of fused-ring (bicyclic) bond motifs is 3. The van der Waals surface area contributed by atoms with E-state index in [-0.39, 0.29) is 35.0 Å². The Bertz CT molecular complexity index is 1610. The van der Waals surface area contributed by atoms with Crippen molar-refractivity contribution in [3.63, 3.8) is 0 Å². The van der Waals surface area contributed by atoms with Crippen molar-refractivity contribution >= 4 is 64.5 Å². The largest absolute Gasteiger partial charge is 0.463 e. The number of hydrogen-bond acceptors (Lipinski definition) is 13. The first-order valence-electron chi connectivity index (χ1n) is 17.4. The van der Waals surface area contributed by atoms with Gasteiger partial charge in [0, 0.05) is 61.5 Å². The number of halogens is 4. The van der Waals surface area contributed by atoms with Crippen LogP contribution in [0.25, 0.3) is 0 Å². The van der Waals surface area contributed by atoms with Gasteiger partial charge >= 0.3 is 6.03 Å². The van der Waals surface area contributed by atoms with E-state index in [1.807, 2.05) is 0 Å². The van der Waals surface area contributed by atoms with Gasteiger partial charge in [-0.15, -0.1) is 46.4 Å². The van der Waals surface area contributed by atoms with Crippen LogP contribution in [-0.4, -0.2) is 96.9 Å². The maximum atomic E-state index is 11.6. The Morgan fingerprint density at radius 3 is 1.81 bits per heavy atom. The summed E-state index contributed by atoms with van der Waals surface area (Å²) in [7, 11) is 0. The number of urea groups is 1. The quantitative estimate of drug-likeness (QED) is 0.156. The van der Waals surface area contributed by atoms with Gasteiger partial charge in [0.1, 0.15) is 6.61 Å². The average molecular weight is 831 g/mol. The van der Waals surface area contributed by atoms with Gasteiger partial charge in [0.2, 0.25) is 6.08 Å². The summed E-state index contributed by atoms with van der Waals surface area (Å²) in [5.74, 6) is 0.809. The van der Waals surface area contributed by atoms with Crippen LogP contribution < -0.4 is 21.7 Å². The van der Waals surface area contributed by atoms with Crippen molar-refractivity contribution in [2.75, 3.05) is 43.3 Å². The van der Waals surface area contributed by atoms with E-state index in [9.17, 15) is 9.59 Å². The van der Waals surface area contributed by atoms with Crippen molar-refractivity contribution in [3.8, 4) is 0 Å². The fourth-order valence-corrected chi connectivity index (χ4v) is 5.94. The number of isocyanates is 1. The van der Waals surface area contributed by atoms with E-state index in [2.05, 4.69) is 55.8 Å². The molecule has 3 atom stereocenters. The van der Waals surface area contributed by atoms with Crippen molar-refractivity contribution in [1.82, 2.24) is 45.9 Å². The Morgan fingerprint density at radius 2 is 1.31 bits per heavy atom. The number of aliphatic imine (C=N–C) groups is 2. The van der Waals surface area contributed by atoms with Crippen LogP contribution in [-0.2, 0) is 28.8 Å². The van der Waals surface area contributed by atoms with Gasteiger partial charge < -0.3 is 31.9 Å². The molecule has 7 rings (SSSR count). The van der Waals surface area contributed by atoms with E-state index in [4.69, 9.17) is 56.9 Å². The van der Waals surface area contributed by atoms with Crippen molar-refractivity contribution in [2.24, 2.45) is 15.7 Å². The smallest absolute Gasteiger partial charge is 0.315 e. The number of aromatic nitrogens is 6. The number of nitrogens with zero attached hydrogens (tertiary/aromatic N) is 8. The molecule has 16 nitrogen and oxygen atoms in total. The molecule has 7 N–H and O–H groups in total. The van der Waals surface area contributed by atoms with Crippen LogP contribution in [0.5, 0.6) is 0 Å². The Morgan fingerprint density at radius 1 is 0.796 bits per heavy atom. The maximum Gasteiger partial charge on any atom is 0.315 e. The number of amidine groups is 1. The zero-order valence-corrected chi connectivity index (χ0v) is 32.9. The van der Waals surface area contributed by atoms with Gasteiger partial charge in [0.25, 0.3) is 6.02 Å². The number of amides is 2. The van der Waals surface area contributed by atoms with Crippen molar-refractivity contribution < 1.29 is 19.8 Å². The molecule has 54 heavy (non-hydrogen) atoms. The molecule has 4 aliphatic rings. The first-order chi connectivity index (χ1) is 25.9. The fraction of sp³-hybridized carbons (Fsp3) is 0.559. The molecule has 3 aromatic rings. The van der Waals surface area contributed by atoms with Gasteiger partial charge in [0.15, 0.2) is 0 Å². The highest BCUT2D eigenvalue weighted by molar-refractivity contribution is 6.40. The molecule has 0 saturated heterocycles. The summed E-state index contributed by atoms with van der Waals surface area (Å²) < 4.78 is 5.36. The third kappa shape index (κ3) is 16.3. The second-order valence-corrected chi connectivity index (χ2v) is 13.1.